The summed E-state index contributed by atoms with van der Waals surface area (Å²) in [6, 6.07) is 8.24. The number of aromatic nitrogens is 5. The molecule has 4 rings (SSSR count). The highest BCUT2D eigenvalue weighted by molar-refractivity contribution is 5.85. The Morgan fingerprint density at radius 3 is 2.55 bits per heavy atom. The molecule has 0 amide bonds. The van der Waals surface area contributed by atoms with Gasteiger partial charge in [0.2, 0.25) is 0 Å². The van der Waals surface area contributed by atoms with E-state index in [1.807, 2.05) is 6.07 Å². The summed E-state index contributed by atoms with van der Waals surface area (Å²) >= 11 is 0. The Morgan fingerprint density at radius 2 is 1.87 bits per heavy atom. The van der Waals surface area contributed by atoms with Crippen LogP contribution in [-0.2, 0) is 6.42 Å². The molecule has 0 aliphatic heterocycles. The van der Waals surface area contributed by atoms with Crippen LogP contribution in [0.2, 0.25) is 0 Å². The molecule has 1 atom stereocenters. The van der Waals surface area contributed by atoms with Gasteiger partial charge in [-0.3, -0.25) is 4.98 Å². The number of rotatable bonds is 7. The van der Waals surface area contributed by atoms with Crippen molar-refractivity contribution in [3.05, 3.63) is 54.2 Å². The molecule has 4 N–H and O–H groups in total. The number of halogens is 1. The van der Waals surface area contributed by atoms with Crippen molar-refractivity contribution in [3.63, 3.8) is 0 Å². The van der Waals surface area contributed by atoms with Gasteiger partial charge in [0.25, 0.3) is 5.95 Å². The maximum atomic E-state index is 14.0. The summed E-state index contributed by atoms with van der Waals surface area (Å²) in [7, 11) is 0. The van der Waals surface area contributed by atoms with Gasteiger partial charge in [-0.1, -0.05) is 32.8 Å². The van der Waals surface area contributed by atoms with Crippen molar-refractivity contribution in [2.24, 2.45) is 5.92 Å². The van der Waals surface area contributed by atoms with Crippen LogP contribution in [0.4, 0.5) is 16.0 Å². The molecular formula is C23H26FN7. The smallest absolute Gasteiger partial charge is 0.255 e. The van der Waals surface area contributed by atoms with Crippen LogP contribution in [0, 0.1) is 11.7 Å². The van der Waals surface area contributed by atoms with Crippen LogP contribution in [0.3, 0.4) is 0 Å². The first-order chi connectivity index (χ1) is 15.0. The average molecular weight is 420 g/mol. The molecule has 0 saturated heterocycles. The molecule has 7 nitrogen and oxygen atoms in total. The summed E-state index contributed by atoms with van der Waals surface area (Å²) in [4.78, 5) is 13.0. The van der Waals surface area contributed by atoms with E-state index in [0.29, 0.717) is 17.0 Å². The summed E-state index contributed by atoms with van der Waals surface area (Å²) in [6.07, 6.45) is 7.34. The minimum atomic E-state index is -0.304. The number of hydrogen-bond acceptors (Lipinski definition) is 6. The van der Waals surface area contributed by atoms with Crippen LogP contribution < -0.4 is 11.5 Å². The molecular weight excluding hydrogens is 393 g/mol. The predicted molar refractivity (Wildman–Crippen MR) is 121 cm³/mol. The van der Waals surface area contributed by atoms with Gasteiger partial charge in [-0.05, 0) is 43.0 Å². The van der Waals surface area contributed by atoms with Crippen LogP contribution >= 0.6 is 0 Å². The Bertz CT molecular complexity index is 1180. The molecule has 0 aliphatic carbocycles. The van der Waals surface area contributed by atoms with Gasteiger partial charge in [-0.25, -0.2) is 4.39 Å². The maximum absolute atomic E-state index is 14.0. The van der Waals surface area contributed by atoms with Crippen LogP contribution in [0.5, 0.6) is 0 Å². The van der Waals surface area contributed by atoms with Gasteiger partial charge >= 0.3 is 0 Å². The summed E-state index contributed by atoms with van der Waals surface area (Å²) in [5.41, 5.74) is 15.3. The van der Waals surface area contributed by atoms with Crippen molar-refractivity contribution >= 4 is 22.5 Å². The lowest BCUT2D eigenvalue weighted by atomic mass is 9.98. The second kappa shape index (κ2) is 8.67. The topological polar surface area (TPSA) is 109 Å². The van der Waals surface area contributed by atoms with Crippen LogP contribution in [-0.4, -0.2) is 24.7 Å². The van der Waals surface area contributed by atoms with E-state index in [1.165, 1.54) is 12.1 Å². The second-order valence-electron chi connectivity index (χ2n) is 7.86. The van der Waals surface area contributed by atoms with Crippen LogP contribution in [0.1, 0.15) is 38.8 Å². The quantitative estimate of drug-likeness (QED) is 0.455. The summed E-state index contributed by atoms with van der Waals surface area (Å²) < 4.78 is 15.6. The van der Waals surface area contributed by atoms with Crippen molar-refractivity contribution in [1.82, 2.24) is 24.7 Å². The van der Waals surface area contributed by atoms with Crippen molar-refractivity contribution in [3.8, 4) is 17.1 Å². The van der Waals surface area contributed by atoms with E-state index in [9.17, 15) is 4.39 Å². The first-order valence-corrected chi connectivity index (χ1v) is 10.5. The number of nitrogen functional groups attached to an aromatic ring is 2. The molecule has 0 saturated carbocycles. The minimum Gasteiger partial charge on any atom is -0.383 e. The van der Waals surface area contributed by atoms with Gasteiger partial charge in [-0.2, -0.15) is 19.7 Å². The highest BCUT2D eigenvalue weighted by atomic mass is 19.1. The highest BCUT2D eigenvalue weighted by Crippen LogP contribution is 2.31. The molecule has 8 heteroatoms. The van der Waals surface area contributed by atoms with Crippen molar-refractivity contribution in [2.45, 2.75) is 39.5 Å². The second-order valence-corrected chi connectivity index (χ2v) is 7.86. The van der Waals surface area contributed by atoms with Gasteiger partial charge in [0.05, 0.1) is 16.8 Å². The van der Waals surface area contributed by atoms with Gasteiger partial charge in [0, 0.05) is 23.3 Å². The number of pyridine rings is 1. The number of nitrogens with zero attached hydrogens (tertiary/aromatic N) is 5. The Kier molecular flexibility index (Phi) is 5.79. The zero-order chi connectivity index (χ0) is 22.0. The third-order valence-corrected chi connectivity index (χ3v) is 5.47. The SMILES string of the molecule is CCCC(C)CCc1nn(-c2nc(N)c(-c3cccnc3)c(N)n2)c2ccc(F)cc12. The fourth-order valence-corrected chi connectivity index (χ4v) is 3.89. The summed E-state index contributed by atoms with van der Waals surface area (Å²) in [5.74, 6) is 0.993. The van der Waals surface area contributed by atoms with Crippen molar-refractivity contribution < 1.29 is 4.39 Å². The van der Waals surface area contributed by atoms with E-state index in [1.54, 1.807) is 29.2 Å². The molecule has 4 aromatic rings. The molecule has 0 fully saturated rings. The van der Waals surface area contributed by atoms with E-state index in [-0.39, 0.29) is 23.4 Å². The third kappa shape index (κ3) is 4.19. The van der Waals surface area contributed by atoms with E-state index >= 15 is 0 Å². The van der Waals surface area contributed by atoms with Gasteiger partial charge in [-0.15, -0.1) is 0 Å². The predicted octanol–water partition coefficient (Wildman–Crippen LogP) is 4.55. The Morgan fingerprint density at radius 1 is 1.10 bits per heavy atom. The molecule has 1 aromatic carbocycles. The highest BCUT2D eigenvalue weighted by Gasteiger charge is 2.18. The molecule has 160 valence electrons. The standard InChI is InChI=1S/C23H26FN7/c1-3-5-14(2)7-9-18-17-12-16(24)8-10-19(17)31(30-18)23-28-21(25)20(22(26)29-23)15-6-4-11-27-13-15/h4,6,8,10-14H,3,5,7,9H2,1-2H3,(H4,25,26,28,29). The lowest BCUT2D eigenvalue weighted by molar-refractivity contribution is 0.483. The lowest BCUT2D eigenvalue weighted by Crippen LogP contribution is -2.10. The summed E-state index contributed by atoms with van der Waals surface area (Å²) in [5, 5.41) is 5.47. The van der Waals surface area contributed by atoms with E-state index in [4.69, 9.17) is 16.6 Å². The molecule has 1 unspecified atom stereocenters. The van der Waals surface area contributed by atoms with E-state index < -0.39 is 0 Å². The van der Waals surface area contributed by atoms with E-state index in [0.717, 1.165) is 42.3 Å². The number of hydrogen-bond donors (Lipinski definition) is 2. The Labute approximate surface area is 180 Å². The lowest BCUT2D eigenvalue weighted by Gasteiger charge is -2.10. The number of fused-ring (bicyclic) bond motifs is 1. The molecule has 0 aliphatic rings. The first kappa shape index (κ1) is 20.7. The Balaban J connectivity index is 1.77. The number of benzene rings is 1. The summed E-state index contributed by atoms with van der Waals surface area (Å²) in [6.45, 7) is 4.41. The molecule has 3 aromatic heterocycles. The average Bonchev–Trinajstić information content (AvgIpc) is 3.10. The molecule has 0 spiro atoms. The van der Waals surface area contributed by atoms with Crippen molar-refractivity contribution in [2.75, 3.05) is 11.5 Å². The zero-order valence-corrected chi connectivity index (χ0v) is 17.7. The minimum absolute atomic E-state index is 0.236. The largest absolute Gasteiger partial charge is 0.383 e. The molecule has 3 heterocycles. The monoisotopic (exact) mass is 419 g/mol. The van der Waals surface area contributed by atoms with Gasteiger partial charge in [0.15, 0.2) is 0 Å². The van der Waals surface area contributed by atoms with Crippen LogP contribution in [0.15, 0.2) is 42.7 Å². The maximum Gasteiger partial charge on any atom is 0.255 e. The molecule has 31 heavy (non-hydrogen) atoms. The number of nitrogens with two attached hydrogens (primary N) is 2. The fraction of sp³-hybridized carbons (Fsp3) is 0.304. The fourth-order valence-electron chi connectivity index (χ4n) is 3.89. The molecule has 0 bridgehead atoms. The Hall–Kier alpha value is -3.55. The van der Waals surface area contributed by atoms with Crippen molar-refractivity contribution in [1.29, 1.82) is 0 Å². The van der Waals surface area contributed by atoms with E-state index in [2.05, 4.69) is 28.8 Å². The number of aryl methyl sites for hydroxylation is 1. The number of anilines is 2. The molecule has 0 radical (unpaired) electrons. The van der Waals surface area contributed by atoms with Gasteiger partial charge < -0.3 is 11.5 Å². The third-order valence-electron chi connectivity index (χ3n) is 5.47. The van der Waals surface area contributed by atoms with Gasteiger partial charge in [0.1, 0.15) is 17.5 Å². The zero-order valence-electron chi connectivity index (χ0n) is 17.7. The van der Waals surface area contributed by atoms with Crippen LogP contribution in [0.25, 0.3) is 28.0 Å². The normalized spacial score (nSPS) is 12.4. The first-order valence-electron chi connectivity index (χ1n) is 10.5.